The van der Waals surface area contributed by atoms with E-state index in [0.29, 0.717) is 59.5 Å². The summed E-state index contributed by atoms with van der Waals surface area (Å²) in [5.41, 5.74) is 1.54. The molecule has 1 aliphatic rings. The fourth-order valence-corrected chi connectivity index (χ4v) is 5.18. The van der Waals surface area contributed by atoms with E-state index >= 15 is 4.39 Å². The summed E-state index contributed by atoms with van der Waals surface area (Å²) < 4.78 is 30.8. The Morgan fingerprint density at radius 1 is 1.11 bits per heavy atom. The number of pyridine rings is 1. The third kappa shape index (κ3) is 4.64. The number of halogens is 2. The number of β-amino-alcohol motifs (C(OH)–C–C–N with tert-alkyl or cyclic N) is 1. The van der Waals surface area contributed by atoms with Gasteiger partial charge in [0.15, 0.2) is 5.82 Å². The number of benzene rings is 2. The zero-order chi connectivity index (χ0) is 26.2. The number of hydrogen-bond acceptors (Lipinski definition) is 5. The first-order chi connectivity index (χ1) is 17.2. The molecule has 1 N–H and O–H groups in total. The van der Waals surface area contributed by atoms with Gasteiger partial charge in [-0.3, -0.25) is 4.98 Å². The molecule has 1 unspecified atom stereocenters. The molecule has 2 aromatic carbocycles. The van der Waals surface area contributed by atoms with Crippen LogP contribution in [-0.4, -0.2) is 38.7 Å². The van der Waals surface area contributed by atoms with E-state index in [0.717, 1.165) is 17.4 Å². The van der Waals surface area contributed by atoms with Crippen molar-refractivity contribution in [2.45, 2.75) is 66.4 Å². The van der Waals surface area contributed by atoms with Gasteiger partial charge in [-0.25, -0.2) is 18.7 Å². The van der Waals surface area contributed by atoms with Crippen molar-refractivity contribution in [3.63, 3.8) is 0 Å². The van der Waals surface area contributed by atoms with Gasteiger partial charge in [0, 0.05) is 24.8 Å². The highest BCUT2D eigenvalue weighted by Gasteiger charge is 2.31. The molecular formula is C29H34F2N4O. The third-order valence-corrected chi connectivity index (χ3v) is 6.67. The average Bonchev–Trinajstić information content (AvgIpc) is 2.84. The second-order valence-corrected chi connectivity index (χ2v) is 9.59. The number of aliphatic hydroxyl groups is 1. The maximum Gasteiger partial charge on any atom is 0.175 e. The standard InChI is InChI=1S/C27H28F2N4O.C2H6/c1-5-18-21(28)8-7-17-11-15(2)12-19(22(17)18)24-23(29)25-20(13-30-24)26(32-16(3)31-25)33-10-6-9-27(4,34)14-33;1-2/h7-8,11-13,34H,5-6,9-10,14H2,1-4H3;1-2H3. The number of rotatable bonds is 3. The summed E-state index contributed by atoms with van der Waals surface area (Å²) in [5, 5.41) is 12.6. The Bertz CT molecular complexity index is 1430. The SMILES string of the molecule is CC.CCc1c(F)ccc2cc(C)cc(-c3ncc4c(N5CCCC(C)(O)C5)nc(C)nc4c3F)c12. The molecule has 4 aromatic rings. The van der Waals surface area contributed by atoms with Crippen molar-refractivity contribution in [1.29, 1.82) is 0 Å². The number of aryl methyl sites for hydroxylation is 3. The molecule has 3 heterocycles. The van der Waals surface area contributed by atoms with Gasteiger partial charge in [0.1, 0.15) is 28.7 Å². The number of piperidine rings is 1. The van der Waals surface area contributed by atoms with Crippen molar-refractivity contribution in [3.05, 3.63) is 59.0 Å². The van der Waals surface area contributed by atoms with Gasteiger partial charge < -0.3 is 10.0 Å². The first-order valence-corrected chi connectivity index (χ1v) is 12.7. The minimum absolute atomic E-state index is 0.149. The largest absolute Gasteiger partial charge is 0.388 e. The topological polar surface area (TPSA) is 62.1 Å². The Balaban J connectivity index is 0.00000148. The normalized spacial score (nSPS) is 17.9. The summed E-state index contributed by atoms with van der Waals surface area (Å²) in [6.07, 6.45) is 3.60. The molecule has 0 spiro atoms. The second-order valence-electron chi connectivity index (χ2n) is 9.59. The zero-order valence-corrected chi connectivity index (χ0v) is 21.9. The molecule has 5 nitrogen and oxygen atoms in total. The summed E-state index contributed by atoms with van der Waals surface area (Å²) in [5.74, 6) is 0.165. The van der Waals surface area contributed by atoms with Crippen LogP contribution in [-0.2, 0) is 6.42 Å². The van der Waals surface area contributed by atoms with Crippen LogP contribution in [0.2, 0.25) is 0 Å². The summed E-state index contributed by atoms with van der Waals surface area (Å²) in [4.78, 5) is 15.5. The third-order valence-electron chi connectivity index (χ3n) is 6.67. The Morgan fingerprint density at radius 3 is 2.56 bits per heavy atom. The number of hydrogen-bond donors (Lipinski definition) is 1. The molecule has 0 amide bonds. The average molecular weight is 493 g/mol. The number of nitrogens with zero attached hydrogens (tertiary/aromatic N) is 4. The van der Waals surface area contributed by atoms with Crippen molar-refractivity contribution >= 4 is 27.5 Å². The van der Waals surface area contributed by atoms with E-state index in [1.165, 1.54) is 6.07 Å². The van der Waals surface area contributed by atoms with Gasteiger partial charge in [-0.05, 0) is 74.1 Å². The molecule has 5 rings (SSSR count). The van der Waals surface area contributed by atoms with E-state index in [-0.39, 0.29) is 17.0 Å². The number of anilines is 1. The molecule has 0 radical (unpaired) electrons. The van der Waals surface area contributed by atoms with Crippen LogP contribution in [0.15, 0.2) is 30.5 Å². The highest BCUT2D eigenvalue weighted by Crippen LogP contribution is 2.37. The van der Waals surface area contributed by atoms with Crippen molar-refractivity contribution in [1.82, 2.24) is 15.0 Å². The molecule has 1 saturated heterocycles. The lowest BCUT2D eigenvalue weighted by Crippen LogP contribution is -2.46. The lowest BCUT2D eigenvalue weighted by Gasteiger charge is -2.38. The van der Waals surface area contributed by atoms with Crippen LogP contribution in [0.3, 0.4) is 0 Å². The minimum Gasteiger partial charge on any atom is -0.388 e. The van der Waals surface area contributed by atoms with Crippen molar-refractivity contribution in [2.24, 2.45) is 0 Å². The van der Waals surface area contributed by atoms with Crippen molar-refractivity contribution in [2.75, 3.05) is 18.0 Å². The van der Waals surface area contributed by atoms with E-state index in [9.17, 15) is 9.50 Å². The number of fused-ring (bicyclic) bond motifs is 2. The fourth-order valence-electron chi connectivity index (χ4n) is 5.18. The van der Waals surface area contributed by atoms with Crippen molar-refractivity contribution < 1.29 is 13.9 Å². The summed E-state index contributed by atoms with van der Waals surface area (Å²) in [6.45, 7) is 12.5. The van der Waals surface area contributed by atoms with E-state index in [2.05, 4.69) is 15.0 Å². The molecule has 1 fully saturated rings. The van der Waals surface area contributed by atoms with E-state index < -0.39 is 11.4 Å². The Kier molecular flexibility index (Phi) is 7.23. The van der Waals surface area contributed by atoms with Gasteiger partial charge in [-0.1, -0.05) is 32.9 Å². The second kappa shape index (κ2) is 10.1. The quantitative estimate of drug-likeness (QED) is 0.346. The molecule has 190 valence electrons. The molecule has 7 heteroatoms. The van der Waals surface area contributed by atoms with Crippen LogP contribution in [0.1, 0.15) is 57.5 Å². The predicted octanol–water partition coefficient (Wildman–Crippen LogP) is 6.68. The molecule has 2 aromatic heterocycles. The Hall–Kier alpha value is -3.19. The van der Waals surface area contributed by atoms with Gasteiger partial charge in [-0.2, -0.15) is 0 Å². The maximum absolute atomic E-state index is 16.1. The molecule has 0 bridgehead atoms. The monoisotopic (exact) mass is 492 g/mol. The Labute approximate surface area is 211 Å². The molecular weight excluding hydrogens is 458 g/mol. The first-order valence-electron chi connectivity index (χ1n) is 12.7. The van der Waals surface area contributed by atoms with Gasteiger partial charge in [0.05, 0.1) is 11.0 Å². The molecule has 0 aliphatic carbocycles. The van der Waals surface area contributed by atoms with Crippen LogP contribution >= 0.6 is 0 Å². The first kappa shape index (κ1) is 25.9. The summed E-state index contributed by atoms with van der Waals surface area (Å²) in [7, 11) is 0. The zero-order valence-electron chi connectivity index (χ0n) is 21.9. The summed E-state index contributed by atoms with van der Waals surface area (Å²) >= 11 is 0. The predicted molar refractivity (Wildman–Crippen MR) is 142 cm³/mol. The summed E-state index contributed by atoms with van der Waals surface area (Å²) in [6, 6.07) is 7.02. The van der Waals surface area contributed by atoms with Gasteiger partial charge in [-0.15, -0.1) is 0 Å². The van der Waals surface area contributed by atoms with E-state index in [1.54, 1.807) is 26.1 Å². The molecule has 0 saturated carbocycles. The van der Waals surface area contributed by atoms with E-state index in [1.807, 2.05) is 44.7 Å². The highest BCUT2D eigenvalue weighted by molar-refractivity contribution is 6.01. The lowest BCUT2D eigenvalue weighted by atomic mass is 9.93. The van der Waals surface area contributed by atoms with Crippen LogP contribution in [0.25, 0.3) is 32.9 Å². The lowest BCUT2D eigenvalue weighted by molar-refractivity contribution is 0.0448. The van der Waals surface area contributed by atoms with Crippen LogP contribution in [0, 0.1) is 25.5 Å². The number of aromatic nitrogens is 3. The van der Waals surface area contributed by atoms with Gasteiger partial charge in [0.25, 0.3) is 0 Å². The Morgan fingerprint density at radius 2 is 1.86 bits per heavy atom. The van der Waals surface area contributed by atoms with Gasteiger partial charge >= 0.3 is 0 Å². The maximum atomic E-state index is 16.1. The fraction of sp³-hybridized carbons (Fsp3) is 0.414. The van der Waals surface area contributed by atoms with Crippen LogP contribution in [0.5, 0.6) is 0 Å². The van der Waals surface area contributed by atoms with E-state index in [4.69, 9.17) is 0 Å². The highest BCUT2D eigenvalue weighted by atomic mass is 19.1. The van der Waals surface area contributed by atoms with Crippen LogP contribution < -0.4 is 4.90 Å². The van der Waals surface area contributed by atoms with Crippen LogP contribution in [0.4, 0.5) is 14.6 Å². The molecule has 1 aliphatic heterocycles. The van der Waals surface area contributed by atoms with Gasteiger partial charge in [0.2, 0.25) is 0 Å². The minimum atomic E-state index is -0.837. The molecule has 36 heavy (non-hydrogen) atoms. The molecule has 1 atom stereocenters. The smallest absolute Gasteiger partial charge is 0.175 e. The van der Waals surface area contributed by atoms with Crippen molar-refractivity contribution in [3.8, 4) is 11.3 Å².